The first-order valence-corrected chi connectivity index (χ1v) is 8.12. The number of hydrogen-bond donors (Lipinski definition) is 3. The van der Waals surface area contributed by atoms with Crippen LogP contribution in [0.3, 0.4) is 0 Å². The van der Waals surface area contributed by atoms with Crippen molar-refractivity contribution in [3.05, 3.63) is 30.2 Å². The standard InChI is InChI=1S/C17H24N4O3/c1-4-10-17(3,11-22)19-16(23)18-13-8-6-12(7-9-13)15-21-20-14(5-2)24-15/h6-9,22H,4-5,10-11H2,1-3H3,(H2,18,19,23). The average Bonchev–Trinajstić information content (AvgIpc) is 3.04. The van der Waals surface area contributed by atoms with Crippen LogP contribution in [0.2, 0.25) is 0 Å². The normalized spacial score (nSPS) is 13.3. The number of nitrogens with zero attached hydrogens (tertiary/aromatic N) is 2. The number of rotatable bonds is 7. The Morgan fingerprint density at radius 3 is 2.50 bits per heavy atom. The summed E-state index contributed by atoms with van der Waals surface area (Å²) in [4.78, 5) is 12.1. The van der Waals surface area contributed by atoms with E-state index in [-0.39, 0.29) is 12.6 Å². The molecule has 0 fully saturated rings. The molecule has 24 heavy (non-hydrogen) atoms. The molecule has 0 radical (unpaired) electrons. The van der Waals surface area contributed by atoms with Gasteiger partial charge in [0.2, 0.25) is 11.8 Å². The number of carbonyl (C=O) groups excluding carboxylic acids is 1. The zero-order chi connectivity index (χ0) is 17.6. The molecule has 1 aromatic heterocycles. The highest BCUT2D eigenvalue weighted by molar-refractivity contribution is 5.90. The Balaban J connectivity index is 1.99. The summed E-state index contributed by atoms with van der Waals surface area (Å²) >= 11 is 0. The van der Waals surface area contributed by atoms with Crippen molar-refractivity contribution in [1.82, 2.24) is 15.5 Å². The molecule has 1 aromatic carbocycles. The summed E-state index contributed by atoms with van der Waals surface area (Å²) in [7, 11) is 0. The number of amides is 2. The molecule has 3 N–H and O–H groups in total. The quantitative estimate of drug-likeness (QED) is 0.724. The Hall–Kier alpha value is -2.41. The second kappa shape index (κ2) is 7.92. The van der Waals surface area contributed by atoms with Crippen LogP contribution >= 0.6 is 0 Å². The van der Waals surface area contributed by atoms with Gasteiger partial charge in [0, 0.05) is 17.7 Å². The van der Waals surface area contributed by atoms with Gasteiger partial charge in [-0.1, -0.05) is 20.3 Å². The summed E-state index contributed by atoms with van der Waals surface area (Å²) < 4.78 is 5.50. The molecule has 2 rings (SSSR count). The fourth-order valence-corrected chi connectivity index (χ4v) is 2.38. The minimum absolute atomic E-state index is 0.107. The van der Waals surface area contributed by atoms with Gasteiger partial charge in [-0.25, -0.2) is 4.79 Å². The molecule has 7 heteroatoms. The monoisotopic (exact) mass is 332 g/mol. The van der Waals surface area contributed by atoms with Crippen molar-refractivity contribution < 1.29 is 14.3 Å². The molecule has 7 nitrogen and oxygen atoms in total. The number of aliphatic hydroxyl groups is 1. The van der Waals surface area contributed by atoms with Crippen LogP contribution in [0.4, 0.5) is 10.5 Å². The largest absolute Gasteiger partial charge is 0.421 e. The van der Waals surface area contributed by atoms with Crippen LogP contribution in [0.1, 0.15) is 39.5 Å². The number of urea groups is 1. The Labute approximate surface area is 141 Å². The Morgan fingerprint density at radius 2 is 1.96 bits per heavy atom. The summed E-state index contributed by atoms with van der Waals surface area (Å²) in [6.45, 7) is 5.67. The number of nitrogens with one attached hydrogen (secondary N) is 2. The molecule has 0 bridgehead atoms. The first-order valence-electron chi connectivity index (χ1n) is 8.12. The molecule has 1 unspecified atom stereocenters. The van der Waals surface area contributed by atoms with Crippen LogP contribution in [0, 0.1) is 0 Å². The lowest BCUT2D eigenvalue weighted by Crippen LogP contribution is -2.50. The van der Waals surface area contributed by atoms with Crippen molar-refractivity contribution in [3.63, 3.8) is 0 Å². The zero-order valence-corrected chi connectivity index (χ0v) is 14.3. The van der Waals surface area contributed by atoms with Gasteiger partial charge in [0.15, 0.2) is 0 Å². The number of aryl methyl sites for hydroxylation is 1. The summed E-state index contributed by atoms with van der Waals surface area (Å²) in [5, 5.41) is 22.9. The third-order valence-corrected chi connectivity index (χ3v) is 3.73. The van der Waals surface area contributed by atoms with Crippen molar-refractivity contribution >= 4 is 11.7 Å². The molecule has 0 aliphatic heterocycles. The van der Waals surface area contributed by atoms with Gasteiger partial charge < -0.3 is 20.2 Å². The van der Waals surface area contributed by atoms with E-state index in [2.05, 4.69) is 20.8 Å². The second-order valence-corrected chi connectivity index (χ2v) is 5.98. The molecule has 2 amide bonds. The lowest BCUT2D eigenvalue weighted by molar-refractivity contribution is 0.167. The summed E-state index contributed by atoms with van der Waals surface area (Å²) in [5.41, 5.74) is 0.807. The lowest BCUT2D eigenvalue weighted by atomic mass is 9.98. The molecule has 0 aliphatic carbocycles. The van der Waals surface area contributed by atoms with E-state index >= 15 is 0 Å². The first-order chi connectivity index (χ1) is 11.5. The molecule has 0 aliphatic rings. The highest BCUT2D eigenvalue weighted by atomic mass is 16.4. The van der Waals surface area contributed by atoms with Crippen molar-refractivity contribution in [2.45, 2.75) is 45.6 Å². The topological polar surface area (TPSA) is 100 Å². The fourth-order valence-electron chi connectivity index (χ4n) is 2.38. The van der Waals surface area contributed by atoms with Gasteiger partial charge in [0.05, 0.1) is 12.1 Å². The lowest BCUT2D eigenvalue weighted by Gasteiger charge is -2.28. The third kappa shape index (κ3) is 4.55. The summed E-state index contributed by atoms with van der Waals surface area (Å²) in [6, 6.07) is 6.79. The molecule has 1 atom stereocenters. The van der Waals surface area contributed by atoms with Crippen molar-refractivity contribution in [3.8, 4) is 11.5 Å². The van der Waals surface area contributed by atoms with Gasteiger partial charge >= 0.3 is 6.03 Å². The van der Waals surface area contributed by atoms with E-state index in [4.69, 9.17) is 4.42 Å². The second-order valence-electron chi connectivity index (χ2n) is 5.98. The van der Waals surface area contributed by atoms with Crippen LogP contribution in [0.25, 0.3) is 11.5 Å². The molecule has 0 spiro atoms. The first kappa shape index (κ1) is 17.9. The third-order valence-electron chi connectivity index (χ3n) is 3.73. The van der Waals surface area contributed by atoms with Crippen LogP contribution in [-0.2, 0) is 6.42 Å². The van der Waals surface area contributed by atoms with E-state index in [0.717, 1.165) is 12.0 Å². The van der Waals surface area contributed by atoms with Crippen molar-refractivity contribution in [2.75, 3.05) is 11.9 Å². The van der Waals surface area contributed by atoms with E-state index in [9.17, 15) is 9.90 Å². The zero-order valence-electron chi connectivity index (χ0n) is 14.3. The van der Waals surface area contributed by atoms with Gasteiger partial charge in [-0.3, -0.25) is 0 Å². The van der Waals surface area contributed by atoms with E-state index in [1.807, 2.05) is 20.8 Å². The smallest absolute Gasteiger partial charge is 0.319 e. The van der Waals surface area contributed by atoms with E-state index < -0.39 is 5.54 Å². The van der Waals surface area contributed by atoms with E-state index in [1.54, 1.807) is 24.3 Å². The molecule has 0 saturated carbocycles. The number of aromatic nitrogens is 2. The fraction of sp³-hybridized carbons (Fsp3) is 0.471. The van der Waals surface area contributed by atoms with E-state index in [0.29, 0.717) is 30.3 Å². The summed E-state index contributed by atoms with van der Waals surface area (Å²) in [5.74, 6) is 1.05. The molecule has 0 saturated heterocycles. The SMILES string of the molecule is CCCC(C)(CO)NC(=O)Nc1ccc(-c2nnc(CC)o2)cc1. The van der Waals surface area contributed by atoms with Gasteiger partial charge in [-0.2, -0.15) is 0 Å². The number of aliphatic hydroxyl groups excluding tert-OH is 1. The maximum atomic E-state index is 12.1. The molecular formula is C17H24N4O3. The number of carbonyl (C=O) groups is 1. The number of benzene rings is 1. The van der Waals surface area contributed by atoms with Crippen LogP contribution in [0.15, 0.2) is 28.7 Å². The highest BCUT2D eigenvalue weighted by Gasteiger charge is 2.24. The van der Waals surface area contributed by atoms with Crippen molar-refractivity contribution in [2.24, 2.45) is 0 Å². The van der Waals surface area contributed by atoms with Crippen LogP contribution < -0.4 is 10.6 Å². The van der Waals surface area contributed by atoms with Gasteiger partial charge in [0.1, 0.15) is 0 Å². The maximum absolute atomic E-state index is 12.1. The van der Waals surface area contributed by atoms with Gasteiger partial charge in [0.25, 0.3) is 0 Å². The van der Waals surface area contributed by atoms with Gasteiger partial charge in [-0.05, 0) is 37.6 Å². The molecule has 130 valence electrons. The van der Waals surface area contributed by atoms with Crippen LogP contribution in [-0.4, -0.2) is 33.5 Å². The number of hydrogen-bond acceptors (Lipinski definition) is 5. The predicted octanol–water partition coefficient (Wildman–Crippen LogP) is 2.97. The Kier molecular flexibility index (Phi) is 5.92. The number of anilines is 1. The average molecular weight is 332 g/mol. The molecular weight excluding hydrogens is 308 g/mol. The maximum Gasteiger partial charge on any atom is 0.319 e. The molecule has 2 aromatic rings. The Morgan fingerprint density at radius 1 is 1.25 bits per heavy atom. The van der Waals surface area contributed by atoms with Crippen LogP contribution in [0.5, 0.6) is 0 Å². The van der Waals surface area contributed by atoms with Crippen molar-refractivity contribution in [1.29, 1.82) is 0 Å². The molecule has 1 heterocycles. The minimum atomic E-state index is -0.626. The van der Waals surface area contributed by atoms with Gasteiger partial charge in [-0.15, -0.1) is 10.2 Å². The Bertz CT molecular complexity index is 669. The van der Waals surface area contributed by atoms with E-state index in [1.165, 1.54) is 0 Å². The minimum Gasteiger partial charge on any atom is -0.421 e. The highest BCUT2D eigenvalue weighted by Crippen LogP contribution is 2.20. The predicted molar refractivity (Wildman–Crippen MR) is 91.7 cm³/mol. The summed E-state index contributed by atoms with van der Waals surface area (Å²) in [6.07, 6.45) is 2.26.